The molecule has 0 radical (unpaired) electrons. The van der Waals surface area contributed by atoms with Crippen LogP contribution in [0, 0.1) is 0 Å². The number of hydrogen-bond acceptors (Lipinski definition) is 4. The Morgan fingerprint density at radius 1 is 1.08 bits per heavy atom. The third-order valence-corrected chi connectivity index (χ3v) is 3.94. The minimum Gasteiger partial charge on any atom is -0.493 e. The van der Waals surface area contributed by atoms with Crippen LogP contribution in [0.3, 0.4) is 0 Å². The van der Waals surface area contributed by atoms with Gasteiger partial charge in [0, 0.05) is 6.42 Å². The van der Waals surface area contributed by atoms with Crippen molar-refractivity contribution < 1.29 is 14.6 Å². The number of rotatable bonds is 7. The lowest BCUT2D eigenvalue weighted by atomic mass is 10.3. The molecule has 1 unspecified atom stereocenters. The number of aromatic nitrogens is 2. The molecule has 3 rings (SSSR count). The van der Waals surface area contributed by atoms with E-state index in [1.54, 1.807) is 7.11 Å². The number of benzene rings is 2. The fourth-order valence-electron chi connectivity index (χ4n) is 2.79. The van der Waals surface area contributed by atoms with Crippen molar-refractivity contribution in [1.82, 2.24) is 9.55 Å². The highest BCUT2D eigenvalue weighted by atomic mass is 16.5. The van der Waals surface area contributed by atoms with Crippen molar-refractivity contribution in [2.45, 2.75) is 26.0 Å². The van der Waals surface area contributed by atoms with E-state index in [2.05, 4.69) is 16.5 Å². The summed E-state index contributed by atoms with van der Waals surface area (Å²) in [7, 11) is 1.60. The Hall–Kier alpha value is -2.53. The molecule has 1 N–H and O–H groups in total. The molecule has 0 aliphatic carbocycles. The molecule has 0 bridgehead atoms. The van der Waals surface area contributed by atoms with Gasteiger partial charge in [0.2, 0.25) is 0 Å². The smallest absolute Gasteiger partial charge is 0.161 e. The number of fused-ring (bicyclic) bond motifs is 1. The van der Waals surface area contributed by atoms with Gasteiger partial charge in [-0.15, -0.1) is 0 Å². The molecule has 1 aromatic heterocycles. The number of aliphatic hydroxyl groups excluding tert-OH is 1. The number of aryl methyl sites for hydroxylation is 1. The molecule has 1 atom stereocenters. The molecule has 1 heterocycles. The second kappa shape index (κ2) is 7.36. The van der Waals surface area contributed by atoms with E-state index in [0.29, 0.717) is 18.0 Å². The molecule has 0 amide bonds. The van der Waals surface area contributed by atoms with Crippen molar-refractivity contribution in [3.8, 4) is 11.5 Å². The minimum absolute atomic E-state index is 0.191. The second-order valence-corrected chi connectivity index (χ2v) is 5.60. The number of imidazole rings is 1. The van der Waals surface area contributed by atoms with Crippen LogP contribution in [0.1, 0.15) is 12.7 Å². The molecule has 0 aliphatic rings. The van der Waals surface area contributed by atoms with Crippen molar-refractivity contribution in [1.29, 1.82) is 0 Å². The van der Waals surface area contributed by atoms with Crippen molar-refractivity contribution >= 4 is 11.0 Å². The van der Waals surface area contributed by atoms with Gasteiger partial charge in [0.15, 0.2) is 11.5 Å². The van der Waals surface area contributed by atoms with Crippen LogP contribution in [0.2, 0.25) is 0 Å². The van der Waals surface area contributed by atoms with Crippen LogP contribution in [0.25, 0.3) is 11.0 Å². The van der Waals surface area contributed by atoms with Crippen LogP contribution in [0.4, 0.5) is 0 Å². The predicted octanol–water partition coefficient (Wildman–Crippen LogP) is 3.05. The standard InChI is InChI=1S/C19H22N2O3/c1-3-19-20-15-8-4-5-9-16(15)21(19)12-14(22)13-24-18-11-7-6-10-17(18)23-2/h4-11,14,22H,3,12-13H2,1-2H3. The number of ether oxygens (including phenoxy) is 2. The molecule has 0 saturated heterocycles. The van der Waals surface area contributed by atoms with Crippen LogP contribution in [0.15, 0.2) is 48.5 Å². The van der Waals surface area contributed by atoms with Gasteiger partial charge in [-0.25, -0.2) is 4.98 Å². The fraction of sp³-hybridized carbons (Fsp3) is 0.316. The molecule has 0 aliphatic heterocycles. The first-order valence-corrected chi connectivity index (χ1v) is 8.11. The topological polar surface area (TPSA) is 56.5 Å². The molecule has 0 saturated carbocycles. The average molecular weight is 326 g/mol. The Bertz CT molecular complexity index is 813. The van der Waals surface area contributed by atoms with Gasteiger partial charge in [0.1, 0.15) is 18.5 Å². The zero-order chi connectivity index (χ0) is 16.9. The summed E-state index contributed by atoms with van der Waals surface area (Å²) in [5.74, 6) is 2.25. The maximum Gasteiger partial charge on any atom is 0.161 e. The normalized spacial score (nSPS) is 12.3. The molecule has 0 spiro atoms. The molecule has 2 aromatic carbocycles. The summed E-state index contributed by atoms with van der Waals surface area (Å²) in [5.41, 5.74) is 1.98. The van der Waals surface area contributed by atoms with Crippen LogP contribution < -0.4 is 9.47 Å². The van der Waals surface area contributed by atoms with Gasteiger partial charge in [-0.3, -0.25) is 0 Å². The van der Waals surface area contributed by atoms with E-state index >= 15 is 0 Å². The first kappa shape index (κ1) is 16.3. The monoisotopic (exact) mass is 326 g/mol. The SMILES string of the molecule is CCc1nc2ccccc2n1CC(O)COc1ccccc1OC. The van der Waals surface area contributed by atoms with Gasteiger partial charge in [0.05, 0.1) is 24.7 Å². The maximum absolute atomic E-state index is 10.4. The van der Waals surface area contributed by atoms with Crippen molar-refractivity contribution in [3.05, 3.63) is 54.4 Å². The zero-order valence-electron chi connectivity index (χ0n) is 14.0. The van der Waals surface area contributed by atoms with E-state index in [9.17, 15) is 5.11 Å². The van der Waals surface area contributed by atoms with E-state index in [0.717, 1.165) is 23.3 Å². The fourth-order valence-corrected chi connectivity index (χ4v) is 2.79. The van der Waals surface area contributed by atoms with Crippen LogP contribution in [-0.2, 0) is 13.0 Å². The zero-order valence-corrected chi connectivity index (χ0v) is 14.0. The Morgan fingerprint density at radius 2 is 1.79 bits per heavy atom. The first-order chi connectivity index (χ1) is 11.7. The van der Waals surface area contributed by atoms with Gasteiger partial charge in [-0.05, 0) is 24.3 Å². The highest BCUT2D eigenvalue weighted by Gasteiger charge is 2.14. The average Bonchev–Trinajstić information content (AvgIpc) is 2.98. The number of methoxy groups -OCH3 is 1. The number of nitrogens with zero attached hydrogens (tertiary/aromatic N) is 2. The molecule has 126 valence electrons. The Kier molecular flexibility index (Phi) is 5.01. The van der Waals surface area contributed by atoms with E-state index in [4.69, 9.17) is 9.47 Å². The van der Waals surface area contributed by atoms with Crippen molar-refractivity contribution in [2.75, 3.05) is 13.7 Å². The summed E-state index contributed by atoms with van der Waals surface area (Å²) in [5, 5.41) is 10.4. The summed E-state index contributed by atoms with van der Waals surface area (Å²) >= 11 is 0. The third-order valence-electron chi connectivity index (χ3n) is 3.94. The highest BCUT2D eigenvalue weighted by Crippen LogP contribution is 2.26. The minimum atomic E-state index is -0.641. The molecule has 3 aromatic rings. The number of hydrogen-bond donors (Lipinski definition) is 1. The molecular formula is C19H22N2O3. The quantitative estimate of drug-likeness (QED) is 0.725. The molecular weight excluding hydrogens is 304 g/mol. The van der Waals surface area contributed by atoms with E-state index < -0.39 is 6.10 Å². The second-order valence-electron chi connectivity index (χ2n) is 5.60. The van der Waals surface area contributed by atoms with E-state index in [-0.39, 0.29) is 6.61 Å². The summed E-state index contributed by atoms with van der Waals surface area (Å²) in [6.45, 7) is 2.70. The Balaban J connectivity index is 1.72. The van der Waals surface area contributed by atoms with Gasteiger partial charge in [-0.1, -0.05) is 31.2 Å². The summed E-state index contributed by atoms with van der Waals surface area (Å²) in [6.07, 6.45) is 0.173. The van der Waals surface area contributed by atoms with E-state index in [1.165, 1.54) is 0 Å². The van der Waals surface area contributed by atoms with Crippen LogP contribution in [-0.4, -0.2) is 34.5 Å². The van der Waals surface area contributed by atoms with E-state index in [1.807, 2.05) is 48.5 Å². The first-order valence-electron chi connectivity index (χ1n) is 8.11. The summed E-state index contributed by atoms with van der Waals surface area (Å²) < 4.78 is 13.0. The third kappa shape index (κ3) is 3.36. The maximum atomic E-state index is 10.4. The predicted molar refractivity (Wildman–Crippen MR) is 93.6 cm³/mol. The lowest BCUT2D eigenvalue weighted by molar-refractivity contribution is 0.0912. The van der Waals surface area contributed by atoms with Crippen molar-refractivity contribution in [3.63, 3.8) is 0 Å². The Labute approximate surface area is 141 Å². The summed E-state index contributed by atoms with van der Waals surface area (Å²) in [4.78, 5) is 4.62. The lowest BCUT2D eigenvalue weighted by Gasteiger charge is -2.16. The Morgan fingerprint density at radius 3 is 2.54 bits per heavy atom. The number of aliphatic hydroxyl groups is 1. The summed E-state index contributed by atoms with van der Waals surface area (Å²) in [6, 6.07) is 15.4. The number of para-hydroxylation sites is 4. The highest BCUT2D eigenvalue weighted by molar-refractivity contribution is 5.75. The lowest BCUT2D eigenvalue weighted by Crippen LogP contribution is -2.24. The van der Waals surface area contributed by atoms with Gasteiger partial charge in [0.25, 0.3) is 0 Å². The van der Waals surface area contributed by atoms with Gasteiger partial charge >= 0.3 is 0 Å². The van der Waals surface area contributed by atoms with Gasteiger partial charge < -0.3 is 19.1 Å². The van der Waals surface area contributed by atoms with Crippen molar-refractivity contribution in [2.24, 2.45) is 0 Å². The molecule has 0 fully saturated rings. The molecule has 24 heavy (non-hydrogen) atoms. The van der Waals surface area contributed by atoms with Crippen LogP contribution >= 0.6 is 0 Å². The molecule has 5 heteroatoms. The largest absolute Gasteiger partial charge is 0.493 e. The van der Waals surface area contributed by atoms with Crippen LogP contribution in [0.5, 0.6) is 11.5 Å². The molecule has 5 nitrogen and oxygen atoms in total. The van der Waals surface area contributed by atoms with Gasteiger partial charge in [-0.2, -0.15) is 0 Å².